The summed E-state index contributed by atoms with van der Waals surface area (Å²) in [7, 11) is 0. The van der Waals surface area contributed by atoms with Crippen LogP contribution in [0.3, 0.4) is 0 Å². The summed E-state index contributed by atoms with van der Waals surface area (Å²) in [6.45, 7) is 13.4. The number of fused-ring (bicyclic) bond motifs is 1. The number of hydrogen-bond acceptors (Lipinski definition) is 6. The first-order chi connectivity index (χ1) is 15.0. The van der Waals surface area contributed by atoms with E-state index in [0.29, 0.717) is 5.92 Å². The van der Waals surface area contributed by atoms with Crippen LogP contribution in [-0.4, -0.2) is 56.7 Å². The first-order valence-electron chi connectivity index (χ1n) is 11.7. The Bertz CT molecular complexity index is 869. The highest BCUT2D eigenvalue weighted by Crippen LogP contribution is 2.25. The van der Waals surface area contributed by atoms with Gasteiger partial charge in [0.25, 0.3) is 0 Å². The molecule has 1 N–H and O–H groups in total. The van der Waals surface area contributed by atoms with Crippen LogP contribution >= 0.6 is 11.3 Å². The van der Waals surface area contributed by atoms with Crippen molar-refractivity contribution in [3.63, 3.8) is 0 Å². The van der Waals surface area contributed by atoms with Gasteiger partial charge in [-0.2, -0.15) is 0 Å². The van der Waals surface area contributed by atoms with Gasteiger partial charge in [0.1, 0.15) is 5.82 Å². The van der Waals surface area contributed by atoms with Gasteiger partial charge >= 0.3 is 0 Å². The van der Waals surface area contributed by atoms with E-state index < -0.39 is 0 Å². The predicted molar refractivity (Wildman–Crippen MR) is 124 cm³/mol. The van der Waals surface area contributed by atoms with Gasteiger partial charge in [0, 0.05) is 55.8 Å². The van der Waals surface area contributed by atoms with Gasteiger partial charge in [0.05, 0.1) is 6.04 Å². The Kier molecular flexibility index (Phi) is 7.40. The van der Waals surface area contributed by atoms with Crippen molar-refractivity contribution < 1.29 is 4.79 Å². The Morgan fingerprint density at radius 2 is 1.71 bits per heavy atom. The maximum Gasteiger partial charge on any atom is 0.217 e. The van der Waals surface area contributed by atoms with Gasteiger partial charge in [-0.3, -0.25) is 14.6 Å². The minimum absolute atomic E-state index is 0.0133. The Hall–Kier alpha value is -1.77. The second-order valence-corrected chi connectivity index (χ2v) is 10.6. The summed E-state index contributed by atoms with van der Waals surface area (Å²) < 4.78 is 2.25. The molecule has 2 aliphatic heterocycles. The molecule has 2 aliphatic rings. The standard InChI is InChI=1S/C23H36N6OS/c1-17(2)14-21(24-18(3)30)23-26-25-22-8-11-28(12-13-29(22)23)16-20-7-6-19(31-20)15-27-9-4-5-10-27/h6-7,17,21H,4-5,8-16H2,1-3H3,(H,24,30). The molecule has 8 heteroatoms. The second kappa shape index (κ2) is 10.2. The summed E-state index contributed by atoms with van der Waals surface area (Å²) in [6, 6.07) is 4.55. The third-order valence-electron chi connectivity index (χ3n) is 6.22. The number of nitrogens with zero attached hydrogens (tertiary/aromatic N) is 5. The molecule has 170 valence electrons. The Balaban J connectivity index is 1.38. The SMILES string of the molecule is CC(=O)NC(CC(C)C)c1nnc2n1CCN(Cc1ccc(CN3CCCC3)s1)CC2. The van der Waals surface area contributed by atoms with Gasteiger partial charge in [0.15, 0.2) is 5.82 Å². The molecule has 1 saturated heterocycles. The summed E-state index contributed by atoms with van der Waals surface area (Å²) in [6.07, 6.45) is 4.46. The molecule has 2 aromatic heterocycles. The number of aromatic nitrogens is 3. The van der Waals surface area contributed by atoms with Gasteiger partial charge in [-0.25, -0.2) is 0 Å². The molecule has 4 heterocycles. The van der Waals surface area contributed by atoms with Crippen LogP contribution in [0.2, 0.25) is 0 Å². The molecule has 1 atom stereocenters. The van der Waals surface area contributed by atoms with Crippen molar-refractivity contribution in [3.05, 3.63) is 33.5 Å². The largest absolute Gasteiger partial charge is 0.346 e. The number of rotatable bonds is 8. The van der Waals surface area contributed by atoms with E-state index in [4.69, 9.17) is 0 Å². The van der Waals surface area contributed by atoms with E-state index in [0.717, 1.165) is 57.2 Å². The fourth-order valence-corrected chi connectivity index (χ4v) is 5.83. The molecule has 2 aromatic rings. The molecule has 7 nitrogen and oxygen atoms in total. The van der Waals surface area contributed by atoms with E-state index in [2.05, 4.69) is 55.9 Å². The minimum Gasteiger partial charge on any atom is -0.346 e. The predicted octanol–water partition coefficient (Wildman–Crippen LogP) is 3.22. The molecule has 1 unspecified atom stereocenters. The van der Waals surface area contributed by atoms with Gasteiger partial charge in [-0.15, -0.1) is 21.5 Å². The topological polar surface area (TPSA) is 66.3 Å². The quantitative estimate of drug-likeness (QED) is 0.677. The molecule has 0 bridgehead atoms. The lowest BCUT2D eigenvalue weighted by Gasteiger charge is -2.21. The van der Waals surface area contributed by atoms with E-state index in [-0.39, 0.29) is 11.9 Å². The van der Waals surface area contributed by atoms with Gasteiger partial charge in [0.2, 0.25) is 5.91 Å². The summed E-state index contributed by atoms with van der Waals surface area (Å²) in [5.74, 6) is 2.41. The van der Waals surface area contributed by atoms with Crippen LogP contribution < -0.4 is 5.32 Å². The number of amides is 1. The maximum absolute atomic E-state index is 11.8. The van der Waals surface area contributed by atoms with E-state index >= 15 is 0 Å². The normalized spacial score (nSPS) is 18.8. The summed E-state index contributed by atoms with van der Waals surface area (Å²) in [5.41, 5.74) is 0. The molecule has 0 radical (unpaired) electrons. The Morgan fingerprint density at radius 3 is 2.35 bits per heavy atom. The van der Waals surface area contributed by atoms with Crippen molar-refractivity contribution in [2.24, 2.45) is 5.92 Å². The fraction of sp³-hybridized carbons (Fsp3) is 0.696. The number of carbonyl (C=O) groups excluding carboxylic acids is 1. The number of nitrogens with one attached hydrogen (secondary N) is 1. The molecule has 0 saturated carbocycles. The highest BCUT2D eigenvalue weighted by Gasteiger charge is 2.25. The van der Waals surface area contributed by atoms with Crippen molar-refractivity contribution in [1.82, 2.24) is 29.9 Å². The summed E-state index contributed by atoms with van der Waals surface area (Å²) >= 11 is 1.96. The Labute approximate surface area is 189 Å². The van der Waals surface area contributed by atoms with Gasteiger partial charge < -0.3 is 9.88 Å². The minimum atomic E-state index is -0.0734. The van der Waals surface area contributed by atoms with Crippen molar-refractivity contribution in [3.8, 4) is 0 Å². The zero-order valence-electron chi connectivity index (χ0n) is 19.1. The van der Waals surface area contributed by atoms with Crippen LogP contribution in [0, 0.1) is 5.92 Å². The zero-order valence-corrected chi connectivity index (χ0v) is 20.0. The molecule has 4 rings (SSSR count). The summed E-state index contributed by atoms with van der Waals surface area (Å²) in [5, 5.41) is 12.1. The second-order valence-electron chi connectivity index (χ2n) is 9.39. The molecule has 1 amide bonds. The van der Waals surface area contributed by atoms with Crippen LogP contribution in [0.15, 0.2) is 12.1 Å². The zero-order chi connectivity index (χ0) is 21.8. The third-order valence-corrected chi connectivity index (χ3v) is 7.27. The van der Waals surface area contributed by atoms with Crippen molar-refractivity contribution in [1.29, 1.82) is 0 Å². The van der Waals surface area contributed by atoms with E-state index in [9.17, 15) is 4.79 Å². The van der Waals surface area contributed by atoms with Crippen LogP contribution in [0.1, 0.15) is 67.5 Å². The van der Waals surface area contributed by atoms with Crippen LogP contribution in [-0.2, 0) is 30.8 Å². The highest BCUT2D eigenvalue weighted by molar-refractivity contribution is 7.11. The van der Waals surface area contributed by atoms with Crippen molar-refractivity contribution in [2.75, 3.05) is 26.2 Å². The molecular formula is C23H36N6OS. The average molecular weight is 445 g/mol. The van der Waals surface area contributed by atoms with E-state index in [1.54, 1.807) is 6.92 Å². The average Bonchev–Trinajstić information content (AvgIpc) is 3.43. The van der Waals surface area contributed by atoms with Gasteiger partial charge in [-0.05, 0) is 50.4 Å². The third kappa shape index (κ3) is 5.93. The number of hydrogen-bond donors (Lipinski definition) is 1. The molecular weight excluding hydrogens is 408 g/mol. The Morgan fingerprint density at radius 1 is 1.03 bits per heavy atom. The summed E-state index contributed by atoms with van der Waals surface area (Å²) in [4.78, 5) is 19.8. The van der Waals surface area contributed by atoms with Crippen LogP contribution in [0.5, 0.6) is 0 Å². The van der Waals surface area contributed by atoms with Crippen molar-refractivity contribution >= 4 is 17.2 Å². The molecule has 0 aromatic carbocycles. The molecule has 0 spiro atoms. The smallest absolute Gasteiger partial charge is 0.217 e. The monoisotopic (exact) mass is 444 g/mol. The molecule has 0 aliphatic carbocycles. The first-order valence-corrected chi connectivity index (χ1v) is 12.5. The van der Waals surface area contributed by atoms with Crippen LogP contribution in [0.25, 0.3) is 0 Å². The van der Waals surface area contributed by atoms with Crippen molar-refractivity contribution in [2.45, 2.75) is 72.1 Å². The van der Waals surface area contributed by atoms with E-state index in [1.165, 1.54) is 35.7 Å². The lowest BCUT2D eigenvalue weighted by molar-refractivity contribution is -0.119. The van der Waals surface area contributed by atoms with Crippen LogP contribution in [0.4, 0.5) is 0 Å². The van der Waals surface area contributed by atoms with Gasteiger partial charge in [-0.1, -0.05) is 13.8 Å². The van der Waals surface area contributed by atoms with E-state index in [1.807, 2.05) is 11.3 Å². The number of thiophene rings is 1. The first kappa shape index (κ1) is 22.4. The lowest BCUT2D eigenvalue weighted by Crippen LogP contribution is -2.31. The number of carbonyl (C=O) groups is 1. The molecule has 31 heavy (non-hydrogen) atoms. The fourth-order valence-electron chi connectivity index (χ4n) is 4.72. The number of likely N-dealkylation sites (tertiary alicyclic amines) is 1. The maximum atomic E-state index is 11.8. The lowest BCUT2D eigenvalue weighted by atomic mass is 10.0. The molecule has 1 fully saturated rings. The highest BCUT2D eigenvalue weighted by atomic mass is 32.1.